The fourth-order valence-corrected chi connectivity index (χ4v) is 4.19. The maximum absolute atomic E-state index is 13.3. The third-order valence-electron chi connectivity index (χ3n) is 5.88. The van der Waals surface area contributed by atoms with Crippen LogP contribution in [0.3, 0.4) is 0 Å². The van der Waals surface area contributed by atoms with Gasteiger partial charge in [-0.3, -0.25) is 14.4 Å². The first-order valence-electron chi connectivity index (χ1n) is 10.3. The number of nitrogens with two attached hydrogens (primary N) is 1. The van der Waals surface area contributed by atoms with Crippen LogP contribution in [0.1, 0.15) is 43.2 Å². The molecule has 2 aliphatic heterocycles. The Bertz CT molecular complexity index is 973. The average molecular weight is 406 g/mol. The minimum Gasteiger partial charge on any atom is -0.338 e. The quantitative estimate of drug-likeness (QED) is 0.709. The smallest absolute Gasteiger partial charge is 0.254 e. The number of piperidine rings is 1. The summed E-state index contributed by atoms with van der Waals surface area (Å²) in [6.45, 7) is 1.08. The Morgan fingerprint density at radius 3 is 2.57 bits per heavy atom. The maximum atomic E-state index is 13.3. The molecule has 0 radical (unpaired) electrons. The third kappa shape index (κ3) is 3.80. The van der Waals surface area contributed by atoms with Gasteiger partial charge in [0.05, 0.1) is 0 Å². The van der Waals surface area contributed by atoms with Crippen LogP contribution in [0.2, 0.25) is 0 Å². The van der Waals surface area contributed by atoms with Gasteiger partial charge >= 0.3 is 0 Å². The van der Waals surface area contributed by atoms with Gasteiger partial charge in [0.25, 0.3) is 5.91 Å². The zero-order valence-electron chi connectivity index (χ0n) is 16.8. The Balaban J connectivity index is 1.56. The fourth-order valence-electron chi connectivity index (χ4n) is 4.19. The molecule has 0 spiro atoms. The minimum absolute atomic E-state index is 0.130. The summed E-state index contributed by atoms with van der Waals surface area (Å²) in [6.07, 6.45) is 3.17. The summed E-state index contributed by atoms with van der Waals surface area (Å²) in [6, 6.07) is 14.7. The first kappa shape index (κ1) is 20.1. The lowest BCUT2D eigenvalue weighted by atomic mass is 9.86. The van der Waals surface area contributed by atoms with E-state index in [1.54, 1.807) is 17.0 Å². The highest BCUT2D eigenvalue weighted by atomic mass is 16.2. The molecule has 4 rings (SSSR count). The van der Waals surface area contributed by atoms with Crippen molar-refractivity contribution in [1.82, 2.24) is 5.32 Å². The third-order valence-corrected chi connectivity index (χ3v) is 5.88. The molecule has 156 valence electrons. The first-order chi connectivity index (χ1) is 14.5. The lowest BCUT2D eigenvalue weighted by Crippen LogP contribution is -2.49. The maximum Gasteiger partial charge on any atom is 0.254 e. The van der Waals surface area contributed by atoms with Crippen LogP contribution in [0.5, 0.6) is 0 Å². The first-order valence-corrected chi connectivity index (χ1v) is 10.3. The van der Waals surface area contributed by atoms with Gasteiger partial charge < -0.3 is 21.3 Å². The Morgan fingerprint density at radius 1 is 1.10 bits per heavy atom. The van der Waals surface area contributed by atoms with Crippen molar-refractivity contribution in [3.05, 3.63) is 59.7 Å². The highest BCUT2D eigenvalue weighted by molar-refractivity contribution is 6.03. The molecule has 2 saturated heterocycles. The number of benzene rings is 2. The Kier molecular flexibility index (Phi) is 5.55. The number of nitrogens with zero attached hydrogens (tertiary/aromatic N) is 1. The summed E-state index contributed by atoms with van der Waals surface area (Å²) in [4.78, 5) is 39.2. The molecular weight excluding hydrogens is 380 g/mol. The summed E-state index contributed by atoms with van der Waals surface area (Å²) in [5.41, 5.74) is 7.71. The molecule has 4 N–H and O–H groups in total. The number of nitrogens with one attached hydrogen (secondary N) is 2. The van der Waals surface area contributed by atoms with Gasteiger partial charge in [-0.05, 0) is 54.7 Å². The van der Waals surface area contributed by atoms with E-state index >= 15 is 0 Å². The van der Waals surface area contributed by atoms with Crippen molar-refractivity contribution in [2.24, 2.45) is 5.73 Å². The average Bonchev–Trinajstić information content (AvgIpc) is 3.18. The predicted octanol–water partition coefficient (Wildman–Crippen LogP) is 2.41. The van der Waals surface area contributed by atoms with Crippen molar-refractivity contribution in [2.75, 3.05) is 16.8 Å². The van der Waals surface area contributed by atoms with Crippen molar-refractivity contribution < 1.29 is 14.4 Å². The van der Waals surface area contributed by atoms with E-state index < -0.39 is 5.54 Å². The Hall–Kier alpha value is -3.19. The van der Waals surface area contributed by atoms with Crippen LogP contribution in [-0.4, -0.2) is 24.3 Å². The van der Waals surface area contributed by atoms with Gasteiger partial charge in [-0.2, -0.15) is 0 Å². The van der Waals surface area contributed by atoms with E-state index in [1.807, 2.05) is 36.4 Å². The highest BCUT2D eigenvalue weighted by Gasteiger charge is 2.46. The topological polar surface area (TPSA) is 105 Å². The van der Waals surface area contributed by atoms with Crippen molar-refractivity contribution in [1.29, 1.82) is 0 Å². The summed E-state index contributed by atoms with van der Waals surface area (Å²) in [5, 5.41) is 5.81. The normalized spacial score (nSPS) is 21.4. The van der Waals surface area contributed by atoms with Crippen LogP contribution in [0.15, 0.2) is 48.5 Å². The number of hydrogen-bond acceptors (Lipinski definition) is 4. The van der Waals surface area contributed by atoms with Crippen LogP contribution >= 0.6 is 0 Å². The second-order valence-corrected chi connectivity index (χ2v) is 7.86. The van der Waals surface area contributed by atoms with Gasteiger partial charge in [-0.1, -0.05) is 24.3 Å². The molecule has 1 atom stereocenters. The van der Waals surface area contributed by atoms with E-state index in [0.717, 1.165) is 36.2 Å². The molecule has 2 fully saturated rings. The molecule has 2 aliphatic rings. The predicted molar refractivity (Wildman–Crippen MR) is 115 cm³/mol. The molecule has 2 heterocycles. The molecule has 2 aromatic rings. The monoisotopic (exact) mass is 406 g/mol. The Labute approximate surface area is 175 Å². The number of rotatable bonds is 5. The molecule has 0 saturated carbocycles. The van der Waals surface area contributed by atoms with E-state index in [4.69, 9.17) is 5.73 Å². The van der Waals surface area contributed by atoms with Gasteiger partial charge in [-0.15, -0.1) is 0 Å². The molecule has 0 aromatic heterocycles. The van der Waals surface area contributed by atoms with Gasteiger partial charge in [0, 0.05) is 37.3 Å². The van der Waals surface area contributed by atoms with Gasteiger partial charge in [0.1, 0.15) is 5.54 Å². The summed E-state index contributed by atoms with van der Waals surface area (Å²) in [5.74, 6) is -0.308. The fraction of sp³-hybridized carbons (Fsp3) is 0.348. The highest BCUT2D eigenvalue weighted by Crippen LogP contribution is 2.34. The van der Waals surface area contributed by atoms with E-state index in [-0.39, 0.29) is 24.1 Å². The molecule has 0 unspecified atom stereocenters. The number of hydrogen-bond donors (Lipinski definition) is 3. The number of amides is 3. The van der Waals surface area contributed by atoms with Crippen LogP contribution in [0, 0.1) is 0 Å². The van der Waals surface area contributed by atoms with Crippen molar-refractivity contribution in [3.8, 4) is 0 Å². The molecule has 0 aliphatic carbocycles. The summed E-state index contributed by atoms with van der Waals surface area (Å²) >= 11 is 0. The molecule has 3 amide bonds. The zero-order chi connectivity index (χ0) is 21.1. The Morgan fingerprint density at radius 2 is 1.90 bits per heavy atom. The van der Waals surface area contributed by atoms with E-state index in [0.29, 0.717) is 25.1 Å². The van der Waals surface area contributed by atoms with Crippen LogP contribution in [-0.2, 0) is 26.5 Å². The summed E-state index contributed by atoms with van der Waals surface area (Å²) < 4.78 is 0. The number of carbonyl (C=O) groups excluding carboxylic acids is 3. The van der Waals surface area contributed by atoms with E-state index in [9.17, 15) is 14.4 Å². The SMILES string of the molecule is NCc1cccc([C@]2(C(=O)Nc3ccc(N4CCCCC4=O)cc3)CCC(=O)N2)c1. The largest absolute Gasteiger partial charge is 0.338 e. The lowest BCUT2D eigenvalue weighted by Gasteiger charge is -2.29. The molecule has 2 aromatic carbocycles. The van der Waals surface area contributed by atoms with Crippen molar-refractivity contribution >= 4 is 29.1 Å². The zero-order valence-corrected chi connectivity index (χ0v) is 16.8. The lowest BCUT2D eigenvalue weighted by molar-refractivity contribution is -0.126. The molecule has 0 bridgehead atoms. The van der Waals surface area contributed by atoms with Crippen molar-refractivity contribution in [3.63, 3.8) is 0 Å². The molecule has 30 heavy (non-hydrogen) atoms. The van der Waals surface area contributed by atoms with Crippen LogP contribution in [0.25, 0.3) is 0 Å². The summed E-state index contributed by atoms with van der Waals surface area (Å²) in [7, 11) is 0. The van der Waals surface area contributed by atoms with E-state index in [1.165, 1.54) is 0 Å². The second kappa shape index (κ2) is 8.28. The van der Waals surface area contributed by atoms with E-state index in [2.05, 4.69) is 10.6 Å². The van der Waals surface area contributed by atoms with Gasteiger partial charge in [-0.25, -0.2) is 0 Å². The molecule has 7 nitrogen and oxygen atoms in total. The minimum atomic E-state index is -1.12. The molecule has 7 heteroatoms. The standard InChI is InChI=1S/C23H26N4O3/c24-15-16-4-3-5-17(14-16)23(12-11-20(28)26-23)22(30)25-18-7-9-19(10-8-18)27-13-2-1-6-21(27)29/h3-5,7-10,14H,1-2,6,11-13,15,24H2,(H,25,30)(H,26,28)/t23-/m0/s1. The van der Waals surface area contributed by atoms with Gasteiger partial charge in [0.2, 0.25) is 11.8 Å². The number of anilines is 2. The van der Waals surface area contributed by atoms with Crippen LogP contribution in [0.4, 0.5) is 11.4 Å². The van der Waals surface area contributed by atoms with Gasteiger partial charge in [0.15, 0.2) is 0 Å². The van der Waals surface area contributed by atoms with Crippen molar-refractivity contribution in [2.45, 2.75) is 44.2 Å². The van der Waals surface area contributed by atoms with Crippen LogP contribution < -0.4 is 21.3 Å². The number of carbonyl (C=O) groups is 3. The second-order valence-electron chi connectivity index (χ2n) is 7.86. The molecular formula is C23H26N4O3.